The number of hydrogen-bond acceptors (Lipinski definition) is 1. The Morgan fingerprint density at radius 1 is 1.00 bits per heavy atom. The monoisotopic (exact) mass is 294 g/mol. The standard InChI is InChI=1S/C20H24NO/c1-4-19(15-17-11-7-5-8-12-17)21(16(2)3)20(22)18-13-9-6-10-14-18/h5-14,16,19H,1,4,15H2,2-3H3/t19-/m0/s1. The smallest absolute Gasteiger partial charge is 0.254 e. The zero-order valence-corrected chi connectivity index (χ0v) is 13.4. The van der Waals surface area contributed by atoms with Gasteiger partial charge in [-0.15, -0.1) is 0 Å². The third kappa shape index (κ3) is 3.97. The van der Waals surface area contributed by atoms with Crippen LogP contribution in [-0.2, 0) is 6.42 Å². The largest absolute Gasteiger partial charge is 0.333 e. The van der Waals surface area contributed by atoms with Crippen LogP contribution in [0.4, 0.5) is 0 Å². The number of hydrogen-bond donors (Lipinski definition) is 0. The Kier molecular flexibility index (Phi) is 5.76. The number of rotatable bonds is 6. The molecule has 0 aliphatic rings. The van der Waals surface area contributed by atoms with Gasteiger partial charge in [-0.1, -0.05) is 55.5 Å². The van der Waals surface area contributed by atoms with E-state index in [-0.39, 0.29) is 18.0 Å². The van der Waals surface area contributed by atoms with Gasteiger partial charge in [-0.05, 0) is 44.4 Å². The van der Waals surface area contributed by atoms with Gasteiger partial charge in [0.05, 0.1) is 0 Å². The van der Waals surface area contributed by atoms with Gasteiger partial charge in [0.15, 0.2) is 0 Å². The lowest BCUT2D eigenvalue weighted by Gasteiger charge is -2.35. The molecule has 0 bridgehead atoms. The molecule has 2 heteroatoms. The molecule has 0 heterocycles. The SMILES string of the molecule is [CH2]C[C@@H](Cc1ccccc1)N(C(=O)c1ccccc1)C(C)C. The molecule has 0 spiro atoms. The lowest BCUT2D eigenvalue weighted by Crippen LogP contribution is -2.45. The van der Waals surface area contributed by atoms with Gasteiger partial charge in [-0.25, -0.2) is 0 Å². The molecule has 0 aliphatic heterocycles. The van der Waals surface area contributed by atoms with E-state index < -0.39 is 0 Å². The molecule has 0 aliphatic carbocycles. The molecule has 0 fully saturated rings. The highest BCUT2D eigenvalue weighted by Gasteiger charge is 2.26. The summed E-state index contributed by atoms with van der Waals surface area (Å²) in [5.74, 6) is 0.0835. The molecule has 1 amide bonds. The fourth-order valence-electron chi connectivity index (χ4n) is 2.78. The molecule has 1 radical (unpaired) electrons. The molecule has 2 aromatic rings. The minimum atomic E-state index is 0.0835. The van der Waals surface area contributed by atoms with Crippen molar-refractivity contribution in [1.29, 1.82) is 0 Å². The van der Waals surface area contributed by atoms with Gasteiger partial charge in [-0.3, -0.25) is 4.79 Å². The molecule has 0 saturated heterocycles. The summed E-state index contributed by atoms with van der Waals surface area (Å²) >= 11 is 0. The first-order chi connectivity index (χ1) is 10.6. The molecule has 2 aromatic carbocycles. The van der Waals surface area contributed by atoms with Gasteiger partial charge >= 0.3 is 0 Å². The minimum absolute atomic E-state index is 0.0835. The summed E-state index contributed by atoms with van der Waals surface area (Å²) in [6.07, 6.45) is 1.53. The van der Waals surface area contributed by atoms with Crippen LogP contribution in [-0.4, -0.2) is 22.9 Å². The van der Waals surface area contributed by atoms with E-state index in [9.17, 15) is 4.79 Å². The third-order valence-corrected chi connectivity index (χ3v) is 3.85. The first kappa shape index (κ1) is 16.3. The Morgan fingerprint density at radius 3 is 2.05 bits per heavy atom. The van der Waals surface area contributed by atoms with E-state index in [1.165, 1.54) is 5.56 Å². The Hall–Kier alpha value is -2.09. The summed E-state index contributed by atoms with van der Waals surface area (Å²) in [5.41, 5.74) is 1.98. The van der Waals surface area contributed by atoms with Crippen LogP contribution in [0.5, 0.6) is 0 Å². The first-order valence-electron chi connectivity index (χ1n) is 7.84. The van der Waals surface area contributed by atoms with Gasteiger partial charge < -0.3 is 4.90 Å². The Balaban J connectivity index is 2.23. The van der Waals surface area contributed by atoms with Crippen LogP contribution in [0.3, 0.4) is 0 Å². The third-order valence-electron chi connectivity index (χ3n) is 3.85. The topological polar surface area (TPSA) is 20.3 Å². The number of benzene rings is 2. The van der Waals surface area contributed by atoms with Gasteiger partial charge in [-0.2, -0.15) is 0 Å². The van der Waals surface area contributed by atoms with Crippen LogP contribution in [0.15, 0.2) is 60.7 Å². The van der Waals surface area contributed by atoms with E-state index in [1.54, 1.807) is 0 Å². The maximum Gasteiger partial charge on any atom is 0.254 e. The van der Waals surface area contributed by atoms with Crippen LogP contribution in [0.25, 0.3) is 0 Å². The van der Waals surface area contributed by atoms with Crippen LogP contribution < -0.4 is 0 Å². The second-order valence-electron chi connectivity index (χ2n) is 5.80. The summed E-state index contributed by atoms with van der Waals surface area (Å²) in [6, 6.07) is 20.0. The van der Waals surface area contributed by atoms with Gasteiger partial charge in [0.25, 0.3) is 5.91 Å². The van der Waals surface area contributed by atoms with Crippen molar-refractivity contribution in [3.63, 3.8) is 0 Å². The fraction of sp³-hybridized carbons (Fsp3) is 0.300. The van der Waals surface area contributed by atoms with Gasteiger partial charge in [0, 0.05) is 17.6 Å². The molecule has 115 valence electrons. The van der Waals surface area contributed by atoms with Gasteiger partial charge in [0.2, 0.25) is 0 Å². The molecule has 2 nitrogen and oxygen atoms in total. The fourth-order valence-corrected chi connectivity index (χ4v) is 2.78. The van der Waals surface area contributed by atoms with Crippen LogP contribution >= 0.6 is 0 Å². The number of carbonyl (C=O) groups is 1. The predicted molar refractivity (Wildman–Crippen MR) is 91.7 cm³/mol. The molecular formula is C20H24NO. The van der Waals surface area contributed by atoms with E-state index in [0.29, 0.717) is 6.42 Å². The number of nitrogens with zero attached hydrogens (tertiary/aromatic N) is 1. The average molecular weight is 294 g/mol. The normalized spacial score (nSPS) is 12.2. The van der Waals surface area contributed by atoms with E-state index in [2.05, 4.69) is 32.9 Å². The highest BCUT2D eigenvalue weighted by Crippen LogP contribution is 2.18. The predicted octanol–water partition coefficient (Wildman–Crippen LogP) is 4.37. The van der Waals surface area contributed by atoms with Crippen LogP contribution in [0.1, 0.15) is 36.2 Å². The Bertz CT molecular complexity index is 577. The molecule has 1 atom stereocenters. The highest BCUT2D eigenvalue weighted by molar-refractivity contribution is 5.94. The molecule has 0 N–H and O–H groups in total. The zero-order chi connectivity index (χ0) is 15.9. The number of carbonyl (C=O) groups excluding carboxylic acids is 1. The Morgan fingerprint density at radius 2 is 1.55 bits per heavy atom. The van der Waals surface area contributed by atoms with Crippen LogP contribution in [0.2, 0.25) is 0 Å². The maximum absolute atomic E-state index is 12.9. The lowest BCUT2D eigenvalue weighted by molar-refractivity contribution is 0.0608. The molecule has 22 heavy (non-hydrogen) atoms. The second kappa shape index (κ2) is 7.79. The van der Waals surface area contributed by atoms with Gasteiger partial charge in [0.1, 0.15) is 0 Å². The summed E-state index contributed by atoms with van der Waals surface area (Å²) < 4.78 is 0. The summed E-state index contributed by atoms with van der Waals surface area (Å²) in [5, 5.41) is 0. The van der Waals surface area contributed by atoms with E-state index in [1.807, 2.05) is 53.4 Å². The molecule has 0 aromatic heterocycles. The molecule has 0 saturated carbocycles. The van der Waals surface area contributed by atoms with Crippen molar-refractivity contribution in [1.82, 2.24) is 4.90 Å². The zero-order valence-electron chi connectivity index (χ0n) is 13.4. The van der Waals surface area contributed by atoms with Crippen molar-refractivity contribution in [2.24, 2.45) is 0 Å². The molecular weight excluding hydrogens is 270 g/mol. The molecule has 0 unspecified atom stereocenters. The van der Waals surface area contributed by atoms with Crippen molar-refractivity contribution in [2.75, 3.05) is 0 Å². The van der Waals surface area contributed by atoms with E-state index in [0.717, 1.165) is 12.0 Å². The minimum Gasteiger partial charge on any atom is -0.333 e. The summed E-state index contributed by atoms with van der Waals surface area (Å²) in [6.45, 7) is 8.20. The van der Waals surface area contributed by atoms with Crippen molar-refractivity contribution in [3.05, 3.63) is 78.7 Å². The lowest BCUT2D eigenvalue weighted by atomic mass is 10.00. The van der Waals surface area contributed by atoms with E-state index >= 15 is 0 Å². The average Bonchev–Trinajstić information content (AvgIpc) is 2.55. The molecule has 2 rings (SSSR count). The summed E-state index contributed by atoms with van der Waals surface area (Å²) in [4.78, 5) is 14.8. The quantitative estimate of drug-likeness (QED) is 0.774. The van der Waals surface area contributed by atoms with Crippen molar-refractivity contribution < 1.29 is 4.79 Å². The van der Waals surface area contributed by atoms with Crippen LogP contribution in [0, 0.1) is 6.92 Å². The van der Waals surface area contributed by atoms with Crippen molar-refractivity contribution in [2.45, 2.75) is 38.8 Å². The second-order valence-corrected chi connectivity index (χ2v) is 5.80. The number of amides is 1. The van der Waals surface area contributed by atoms with Crippen molar-refractivity contribution >= 4 is 5.91 Å². The maximum atomic E-state index is 12.9. The van der Waals surface area contributed by atoms with E-state index in [4.69, 9.17) is 0 Å². The Labute approximate surface area is 133 Å². The highest BCUT2D eigenvalue weighted by atomic mass is 16.2. The van der Waals surface area contributed by atoms with Crippen molar-refractivity contribution in [3.8, 4) is 0 Å². The first-order valence-corrected chi connectivity index (χ1v) is 7.84. The summed E-state index contributed by atoms with van der Waals surface area (Å²) in [7, 11) is 0.